The van der Waals surface area contributed by atoms with Crippen LogP contribution in [0.25, 0.3) is 0 Å². The minimum absolute atomic E-state index is 0.236. The van der Waals surface area contributed by atoms with Gasteiger partial charge in [-0.1, -0.05) is 24.3 Å². The number of rotatable bonds is 4. The van der Waals surface area contributed by atoms with Crippen LogP contribution in [0.1, 0.15) is 24.2 Å². The standard InChI is InChI=1S/C12H20N2O/c1-9(13)12(15)11-6-4-5-10(7-11)8-14(2)3/h4-7,9,12,15H,8,13H2,1-3H3. The molecule has 0 aromatic heterocycles. The molecule has 0 amide bonds. The number of nitrogens with zero attached hydrogens (tertiary/aromatic N) is 1. The molecule has 1 aromatic carbocycles. The summed E-state index contributed by atoms with van der Waals surface area (Å²) in [5.74, 6) is 0. The van der Waals surface area contributed by atoms with Crippen molar-refractivity contribution in [3.8, 4) is 0 Å². The normalized spacial score (nSPS) is 15.3. The van der Waals surface area contributed by atoms with E-state index in [1.807, 2.05) is 39.2 Å². The van der Waals surface area contributed by atoms with Crippen LogP contribution in [0.3, 0.4) is 0 Å². The number of benzene rings is 1. The number of hydrogen-bond donors (Lipinski definition) is 2. The maximum Gasteiger partial charge on any atom is 0.0938 e. The molecule has 0 saturated heterocycles. The van der Waals surface area contributed by atoms with E-state index in [1.165, 1.54) is 5.56 Å². The van der Waals surface area contributed by atoms with Gasteiger partial charge in [0.25, 0.3) is 0 Å². The summed E-state index contributed by atoms with van der Waals surface area (Å²) in [4.78, 5) is 2.09. The molecule has 2 unspecified atom stereocenters. The molecule has 0 aliphatic rings. The summed E-state index contributed by atoms with van der Waals surface area (Å²) in [6, 6.07) is 7.69. The second-order valence-electron chi connectivity index (χ2n) is 4.29. The lowest BCUT2D eigenvalue weighted by molar-refractivity contribution is 0.153. The van der Waals surface area contributed by atoms with Crippen LogP contribution in [0, 0.1) is 0 Å². The molecule has 0 bridgehead atoms. The Kier molecular flexibility index (Phi) is 4.27. The minimum atomic E-state index is -0.577. The molecule has 0 spiro atoms. The van der Waals surface area contributed by atoms with E-state index in [1.54, 1.807) is 0 Å². The van der Waals surface area contributed by atoms with Crippen molar-refractivity contribution in [1.82, 2.24) is 4.90 Å². The third-order valence-corrected chi connectivity index (χ3v) is 2.29. The number of nitrogens with two attached hydrogens (primary N) is 1. The molecular weight excluding hydrogens is 188 g/mol. The SMILES string of the molecule is CC(N)C(O)c1cccc(CN(C)C)c1. The van der Waals surface area contributed by atoms with Crippen LogP contribution in [0.2, 0.25) is 0 Å². The summed E-state index contributed by atoms with van der Waals surface area (Å²) in [6.45, 7) is 2.68. The number of hydrogen-bond acceptors (Lipinski definition) is 3. The molecular formula is C12H20N2O. The van der Waals surface area contributed by atoms with Crippen LogP contribution >= 0.6 is 0 Å². The smallest absolute Gasteiger partial charge is 0.0938 e. The Balaban J connectivity index is 2.82. The van der Waals surface area contributed by atoms with Gasteiger partial charge in [0.05, 0.1) is 6.10 Å². The third-order valence-electron chi connectivity index (χ3n) is 2.29. The predicted molar refractivity (Wildman–Crippen MR) is 62.4 cm³/mol. The van der Waals surface area contributed by atoms with Crippen molar-refractivity contribution in [3.05, 3.63) is 35.4 Å². The number of aliphatic hydroxyl groups is 1. The molecule has 1 rings (SSSR count). The van der Waals surface area contributed by atoms with Gasteiger partial charge in [0.15, 0.2) is 0 Å². The van der Waals surface area contributed by atoms with Crippen LogP contribution in [0.15, 0.2) is 24.3 Å². The number of aliphatic hydroxyl groups excluding tert-OH is 1. The first kappa shape index (κ1) is 12.2. The van der Waals surface area contributed by atoms with E-state index in [2.05, 4.69) is 11.0 Å². The summed E-state index contributed by atoms with van der Waals surface area (Å²) < 4.78 is 0. The fourth-order valence-corrected chi connectivity index (χ4v) is 1.54. The fourth-order valence-electron chi connectivity index (χ4n) is 1.54. The van der Waals surface area contributed by atoms with Crippen molar-refractivity contribution in [3.63, 3.8) is 0 Å². The second kappa shape index (κ2) is 5.26. The van der Waals surface area contributed by atoms with E-state index in [0.717, 1.165) is 12.1 Å². The first-order chi connectivity index (χ1) is 7.00. The van der Waals surface area contributed by atoms with Gasteiger partial charge in [0, 0.05) is 12.6 Å². The molecule has 0 heterocycles. The zero-order valence-electron chi connectivity index (χ0n) is 9.64. The van der Waals surface area contributed by atoms with Gasteiger partial charge in [-0.2, -0.15) is 0 Å². The van der Waals surface area contributed by atoms with Crippen LogP contribution in [0.4, 0.5) is 0 Å². The Labute approximate surface area is 91.5 Å². The maximum absolute atomic E-state index is 9.82. The van der Waals surface area contributed by atoms with Gasteiger partial charge in [-0.3, -0.25) is 0 Å². The molecule has 0 radical (unpaired) electrons. The Morgan fingerprint density at radius 2 is 2.07 bits per heavy atom. The van der Waals surface area contributed by atoms with Crippen molar-refractivity contribution in [2.45, 2.75) is 25.6 Å². The van der Waals surface area contributed by atoms with E-state index >= 15 is 0 Å². The highest BCUT2D eigenvalue weighted by atomic mass is 16.3. The molecule has 15 heavy (non-hydrogen) atoms. The predicted octanol–water partition coefficient (Wildman–Crippen LogP) is 1.13. The largest absolute Gasteiger partial charge is 0.387 e. The van der Waals surface area contributed by atoms with Gasteiger partial charge >= 0.3 is 0 Å². The molecule has 0 fully saturated rings. The van der Waals surface area contributed by atoms with Crippen molar-refractivity contribution in [1.29, 1.82) is 0 Å². The molecule has 0 aliphatic carbocycles. The highest BCUT2D eigenvalue weighted by molar-refractivity contribution is 5.25. The van der Waals surface area contributed by atoms with Gasteiger partial charge < -0.3 is 15.7 Å². The Morgan fingerprint density at radius 1 is 1.40 bits per heavy atom. The molecule has 84 valence electrons. The molecule has 3 nitrogen and oxygen atoms in total. The molecule has 2 atom stereocenters. The molecule has 3 N–H and O–H groups in total. The lowest BCUT2D eigenvalue weighted by atomic mass is 10.0. The second-order valence-corrected chi connectivity index (χ2v) is 4.29. The van der Waals surface area contributed by atoms with Gasteiger partial charge in [0.1, 0.15) is 0 Å². The van der Waals surface area contributed by atoms with E-state index in [4.69, 9.17) is 5.73 Å². The van der Waals surface area contributed by atoms with E-state index < -0.39 is 6.10 Å². The quantitative estimate of drug-likeness (QED) is 0.780. The Hall–Kier alpha value is -0.900. The van der Waals surface area contributed by atoms with Gasteiger partial charge in [-0.05, 0) is 32.1 Å². The zero-order chi connectivity index (χ0) is 11.4. The summed E-state index contributed by atoms with van der Waals surface area (Å²) in [6.07, 6.45) is -0.577. The van der Waals surface area contributed by atoms with Crippen molar-refractivity contribution in [2.75, 3.05) is 14.1 Å². The van der Waals surface area contributed by atoms with Crippen molar-refractivity contribution < 1.29 is 5.11 Å². The van der Waals surface area contributed by atoms with Crippen molar-refractivity contribution >= 4 is 0 Å². The van der Waals surface area contributed by atoms with E-state index in [9.17, 15) is 5.11 Å². The van der Waals surface area contributed by atoms with Crippen molar-refractivity contribution in [2.24, 2.45) is 5.73 Å². The topological polar surface area (TPSA) is 49.5 Å². The highest BCUT2D eigenvalue weighted by Crippen LogP contribution is 2.17. The summed E-state index contributed by atoms with van der Waals surface area (Å²) >= 11 is 0. The van der Waals surface area contributed by atoms with E-state index in [0.29, 0.717) is 0 Å². The first-order valence-corrected chi connectivity index (χ1v) is 5.18. The van der Waals surface area contributed by atoms with Crippen LogP contribution < -0.4 is 5.73 Å². The van der Waals surface area contributed by atoms with Gasteiger partial charge in [-0.15, -0.1) is 0 Å². The molecule has 1 aromatic rings. The summed E-state index contributed by atoms with van der Waals surface area (Å²) in [7, 11) is 4.04. The minimum Gasteiger partial charge on any atom is -0.387 e. The highest BCUT2D eigenvalue weighted by Gasteiger charge is 2.12. The first-order valence-electron chi connectivity index (χ1n) is 5.18. The maximum atomic E-state index is 9.82. The summed E-state index contributed by atoms with van der Waals surface area (Å²) in [5.41, 5.74) is 7.74. The summed E-state index contributed by atoms with van der Waals surface area (Å²) in [5, 5.41) is 9.82. The van der Waals surface area contributed by atoms with Gasteiger partial charge in [-0.25, -0.2) is 0 Å². The molecule has 3 heteroatoms. The lowest BCUT2D eigenvalue weighted by Gasteiger charge is -2.16. The van der Waals surface area contributed by atoms with Crippen LogP contribution in [-0.4, -0.2) is 30.1 Å². The zero-order valence-corrected chi connectivity index (χ0v) is 9.64. The average molecular weight is 208 g/mol. The molecule has 0 saturated carbocycles. The third kappa shape index (κ3) is 3.63. The van der Waals surface area contributed by atoms with E-state index in [-0.39, 0.29) is 6.04 Å². The van der Waals surface area contributed by atoms with Crippen LogP contribution in [0.5, 0.6) is 0 Å². The average Bonchev–Trinajstić information content (AvgIpc) is 2.16. The Morgan fingerprint density at radius 3 is 2.60 bits per heavy atom. The lowest BCUT2D eigenvalue weighted by Crippen LogP contribution is -2.24. The monoisotopic (exact) mass is 208 g/mol. The molecule has 0 aliphatic heterocycles. The fraction of sp³-hybridized carbons (Fsp3) is 0.500. The van der Waals surface area contributed by atoms with Gasteiger partial charge in [0.2, 0.25) is 0 Å². The van der Waals surface area contributed by atoms with Crippen LogP contribution in [-0.2, 0) is 6.54 Å². The Bertz CT molecular complexity index is 310.